The highest BCUT2D eigenvalue weighted by Crippen LogP contribution is 2.22. The number of carbonyl (C=O) groups is 1. The molecule has 0 saturated heterocycles. The summed E-state index contributed by atoms with van der Waals surface area (Å²) in [7, 11) is 0. The summed E-state index contributed by atoms with van der Waals surface area (Å²) in [4.78, 5) is 11.2. The van der Waals surface area contributed by atoms with Crippen LogP contribution in [-0.2, 0) is 4.79 Å². The number of thioether (sulfide) groups is 1. The summed E-state index contributed by atoms with van der Waals surface area (Å²) in [6, 6.07) is 7.50. The number of rotatable bonds is 5. The number of carboxylic acid groups (broad SMARTS) is 1. The van der Waals surface area contributed by atoms with Gasteiger partial charge in [-0.05, 0) is 36.6 Å². The highest BCUT2D eigenvalue weighted by molar-refractivity contribution is 8.02. The fourth-order valence-corrected chi connectivity index (χ4v) is 1.59. The normalized spacial score (nSPS) is 10.5. The zero-order chi connectivity index (χ0) is 11.1. The van der Waals surface area contributed by atoms with Crippen LogP contribution in [0.1, 0.15) is 6.92 Å². The molecule has 0 unspecified atom stereocenters. The van der Waals surface area contributed by atoms with Crippen LogP contribution in [0.25, 0.3) is 0 Å². The van der Waals surface area contributed by atoms with E-state index >= 15 is 0 Å². The number of aliphatic carboxylic acids is 1. The van der Waals surface area contributed by atoms with E-state index < -0.39 is 5.97 Å². The Morgan fingerprint density at radius 1 is 1.47 bits per heavy atom. The van der Waals surface area contributed by atoms with Gasteiger partial charge in [-0.25, -0.2) is 4.79 Å². The fourth-order valence-electron chi connectivity index (χ4n) is 0.952. The fraction of sp³-hybridized carbons (Fsp3) is 0.182. The average molecular weight is 224 g/mol. The van der Waals surface area contributed by atoms with Crippen LogP contribution >= 0.6 is 11.8 Å². The smallest absolute Gasteiger partial charge is 0.328 e. The van der Waals surface area contributed by atoms with Crippen molar-refractivity contribution in [2.45, 2.75) is 11.8 Å². The number of ether oxygens (including phenoxy) is 1. The first-order valence-electron chi connectivity index (χ1n) is 4.51. The van der Waals surface area contributed by atoms with Gasteiger partial charge in [0.2, 0.25) is 0 Å². The van der Waals surface area contributed by atoms with Gasteiger partial charge in [0.05, 0.1) is 6.61 Å². The van der Waals surface area contributed by atoms with E-state index in [0.717, 1.165) is 16.7 Å². The van der Waals surface area contributed by atoms with Crippen molar-refractivity contribution < 1.29 is 14.6 Å². The third-order valence-corrected chi connectivity index (χ3v) is 2.37. The summed E-state index contributed by atoms with van der Waals surface area (Å²) < 4.78 is 5.28. The van der Waals surface area contributed by atoms with E-state index in [1.54, 1.807) is 0 Å². The molecule has 0 radical (unpaired) electrons. The van der Waals surface area contributed by atoms with Gasteiger partial charge in [-0.2, -0.15) is 0 Å². The molecular formula is C11H12O3S. The van der Waals surface area contributed by atoms with Crippen LogP contribution in [0.5, 0.6) is 5.75 Å². The molecule has 0 aliphatic rings. The largest absolute Gasteiger partial charge is 0.494 e. The first-order valence-corrected chi connectivity index (χ1v) is 5.39. The van der Waals surface area contributed by atoms with Gasteiger partial charge in [0.1, 0.15) is 5.75 Å². The number of benzene rings is 1. The average Bonchev–Trinajstić information content (AvgIpc) is 2.20. The minimum absolute atomic E-state index is 0.644. The summed E-state index contributed by atoms with van der Waals surface area (Å²) >= 11 is 1.36. The van der Waals surface area contributed by atoms with E-state index in [9.17, 15) is 4.79 Å². The van der Waals surface area contributed by atoms with Crippen LogP contribution in [-0.4, -0.2) is 17.7 Å². The quantitative estimate of drug-likeness (QED) is 0.617. The molecule has 15 heavy (non-hydrogen) atoms. The van der Waals surface area contributed by atoms with E-state index in [2.05, 4.69) is 0 Å². The Balaban J connectivity index is 2.53. The van der Waals surface area contributed by atoms with Gasteiger partial charge in [0.15, 0.2) is 0 Å². The molecule has 0 spiro atoms. The maximum atomic E-state index is 10.2. The zero-order valence-corrected chi connectivity index (χ0v) is 9.16. The van der Waals surface area contributed by atoms with Crippen LogP contribution in [0.4, 0.5) is 0 Å². The van der Waals surface area contributed by atoms with Crippen LogP contribution in [0.15, 0.2) is 40.6 Å². The molecule has 1 rings (SSSR count). The predicted molar refractivity (Wildman–Crippen MR) is 60.2 cm³/mol. The second kappa shape index (κ2) is 6.14. The Bertz CT molecular complexity index is 343. The number of carboxylic acids is 1. The standard InChI is InChI=1S/C11H12O3S/c1-2-14-9-3-5-10(6-4-9)15-8-7-11(12)13/h3-8H,2H2,1H3,(H,12,13)/b8-7+. The first kappa shape index (κ1) is 11.7. The first-order chi connectivity index (χ1) is 7.22. The summed E-state index contributed by atoms with van der Waals surface area (Å²) in [5.41, 5.74) is 0. The predicted octanol–water partition coefficient (Wildman–Crippen LogP) is 2.78. The zero-order valence-electron chi connectivity index (χ0n) is 8.34. The molecule has 0 bridgehead atoms. The van der Waals surface area contributed by atoms with E-state index in [-0.39, 0.29) is 0 Å². The second-order valence-electron chi connectivity index (χ2n) is 2.66. The molecule has 0 aliphatic carbocycles. The van der Waals surface area contributed by atoms with Gasteiger partial charge >= 0.3 is 5.97 Å². The molecule has 1 aromatic rings. The Hall–Kier alpha value is -1.42. The summed E-state index contributed by atoms with van der Waals surface area (Å²) in [6.07, 6.45) is 1.11. The lowest BCUT2D eigenvalue weighted by atomic mass is 10.3. The summed E-state index contributed by atoms with van der Waals surface area (Å²) in [5.74, 6) is -0.113. The van der Waals surface area contributed by atoms with Gasteiger partial charge in [0.25, 0.3) is 0 Å². The summed E-state index contributed by atoms with van der Waals surface area (Å²) in [6.45, 7) is 2.57. The van der Waals surface area contributed by atoms with Crippen molar-refractivity contribution in [3.63, 3.8) is 0 Å². The monoisotopic (exact) mass is 224 g/mol. The Kier molecular flexibility index (Phi) is 4.77. The van der Waals surface area contributed by atoms with Crippen molar-refractivity contribution in [3.8, 4) is 5.75 Å². The van der Waals surface area contributed by atoms with E-state index in [0.29, 0.717) is 6.61 Å². The van der Waals surface area contributed by atoms with E-state index in [1.807, 2.05) is 31.2 Å². The topological polar surface area (TPSA) is 46.5 Å². The molecule has 0 fully saturated rings. The molecule has 0 amide bonds. The molecule has 1 aromatic carbocycles. The maximum Gasteiger partial charge on any atom is 0.328 e. The van der Waals surface area contributed by atoms with Crippen LogP contribution < -0.4 is 4.74 Å². The van der Waals surface area contributed by atoms with Crippen molar-refractivity contribution in [1.82, 2.24) is 0 Å². The van der Waals surface area contributed by atoms with E-state index in [4.69, 9.17) is 9.84 Å². The van der Waals surface area contributed by atoms with Crippen LogP contribution in [0.2, 0.25) is 0 Å². The Labute approximate surface area is 92.8 Å². The lowest BCUT2D eigenvalue weighted by Gasteiger charge is -2.02. The minimum atomic E-state index is -0.937. The third kappa shape index (κ3) is 4.56. The Morgan fingerprint density at radius 2 is 2.13 bits per heavy atom. The van der Waals surface area contributed by atoms with Crippen molar-refractivity contribution in [3.05, 3.63) is 35.7 Å². The molecule has 0 saturated carbocycles. The maximum absolute atomic E-state index is 10.2. The molecule has 0 heterocycles. The molecule has 3 nitrogen and oxygen atoms in total. The molecule has 0 atom stereocenters. The van der Waals surface area contributed by atoms with Crippen LogP contribution in [0, 0.1) is 0 Å². The number of hydrogen-bond acceptors (Lipinski definition) is 3. The third-order valence-electron chi connectivity index (χ3n) is 1.55. The van der Waals surface area contributed by atoms with Crippen molar-refractivity contribution >= 4 is 17.7 Å². The van der Waals surface area contributed by atoms with Gasteiger partial charge in [0, 0.05) is 11.0 Å². The molecule has 1 N–H and O–H groups in total. The number of hydrogen-bond donors (Lipinski definition) is 1. The van der Waals surface area contributed by atoms with Gasteiger partial charge in [-0.1, -0.05) is 11.8 Å². The molecule has 80 valence electrons. The minimum Gasteiger partial charge on any atom is -0.494 e. The Morgan fingerprint density at radius 3 is 2.67 bits per heavy atom. The molecule has 0 aliphatic heterocycles. The van der Waals surface area contributed by atoms with Gasteiger partial charge < -0.3 is 9.84 Å². The van der Waals surface area contributed by atoms with Crippen molar-refractivity contribution in [1.29, 1.82) is 0 Å². The van der Waals surface area contributed by atoms with Gasteiger partial charge in [-0.3, -0.25) is 0 Å². The van der Waals surface area contributed by atoms with Gasteiger partial charge in [-0.15, -0.1) is 0 Å². The second-order valence-corrected chi connectivity index (χ2v) is 3.64. The summed E-state index contributed by atoms with van der Waals surface area (Å²) in [5, 5.41) is 9.93. The molecular weight excluding hydrogens is 212 g/mol. The molecule has 4 heteroatoms. The molecule has 0 aromatic heterocycles. The van der Waals surface area contributed by atoms with E-state index in [1.165, 1.54) is 17.2 Å². The SMILES string of the molecule is CCOc1ccc(S/C=C/C(=O)O)cc1. The lowest BCUT2D eigenvalue weighted by molar-refractivity contribution is -0.131. The highest BCUT2D eigenvalue weighted by atomic mass is 32.2. The van der Waals surface area contributed by atoms with Crippen molar-refractivity contribution in [2.75, 3.05) is 6.61 Å². The lowest BCUT2D eigenvalue weighted by Crippen LogP contribution is -1.90. The highest BCUT2D eigenvalue weighted by Gasteiger charge is 1.94. The van der Waals surface area contributed by atoms with Crippen LogP contribution in [0.3, 0.4) is 0 Å². The van der Waals surface area contributed by atoms with Crippen molar-refractivity contribution in [2.24, 2.45) is 0 Å².